The van der Waals surface area contributed by atoms with Crippen LogP contribution < -0.4 is 5.73 Å². The smallest absolute Gasteiger partial charge is 0.237 e. The van der Waals surface area contributed by atoms with Crippen LogP contribution in [0, 0.1) is 0 Å². The molecule has 0 radical (unpaired) electrons. The Morgan fingerprint density at radius 1 is 1.38 bits per heavy atom. The van der Waals surface area contributed by atoms with Gasteiger partial charge in [-0.3, -0.25) is 9.69 Å². The molecule has 3 rings (SSSR count). The monoisotopic (exact) mass is 291 g/mol. The second kappa shape index (κ2) is 6.15. The minimum absolute atomic E-state index is 0.232. The summed E-state index contributed by atoms with van der Waals surface area (Å²) in [6.07, 6.45) is 7.96. The molecule has 2 N–H and O–H groups in total. The highest BCUT2D eigenvalue weighted by Crippen LogP contribution is 2.28. The zero-order chi connectivity index (χ0) is 14.8. The molecule has 0 unspecified atom stereocenters. The fraction of sp³-hybridized carbons (Fsp3) is 0.733. The topological polar surface area (TPSA) is 67.4 Å². The number of hydrogen-bond acceptors (Lipinski definition) is 4. The van der Waals surface area contributed by atoms with Crippen LogP contribution in [0.25, 0.3) is 0 Å². The lowest BCUT2D eigenvalue weighted by Gasteiger charge is -2.31. The first-order valence-electron chi connectivity index (χ1n) is 7.87. The van der Waals surface area contributed by atoms with Crippen LogP contribution in [0.3, 0.4) is 0 Å². The Kier molecular flexibility index (Phi) is 4.26. The van der Waals surface area contributed by atoms with Crippen molar-refractivity contribution in [3.8, 4) is 0 Å². The zero-order valence-electron chi connectivity index (χ0n) is 12.7. The number of likely N-dealkylation sites (tertiary alicyclic amines) is 1. The Morgan fingerprint density at radius 2 is 2.10 bits per heavy atom. The number of amides is 1. The van der Waals surface area contributed by atoms with Crippen LogP contribution in [0.1, 0.15) is 31.5 Å². The number of nitrogens with zero attached hydrogens (tertiary/aromatic N) is 4. The van der Waals surface area contributed by atoms with Gasteiger partial charge in [0.25, 0.3) is 0 Å². The maximum absolute atomic E-state index is 12.6. The second-order valence-corrected chi connectivity index (χ2v) is 6.32. The SMILES string of the molecule is Cn1ccnc1CN(C(=O)CN1CCC(N)CC1)C1CC1. The third-order valence-corrected chi connectivity index (χ3v) is 4.53. The van der Waals surface area contributed by atoms with Crippen LogP contribution in [-0.4, -0.2) is 57.0 Å². The molecular weight excluding hydrogens is 266 g/mol. The highest BCUT2D eigenvalue weighted by Gasteiger charge is 2.34. The quantitative estimate of drug-likeness (QED) is 0.849. The van der Waals surface area contributed by atoms with Gasteiger partial charge in [-0.05, 0) is 25.7 Å². The van der Waals surface area contributed by atoms with E-state index >= 15 is 0 Å². The number of nitrogens with two attached hydrogens (primary N) is 1. The summed E-state index contributed by atoms with van der Waals surface area (Å²) in [6.45, 7) is 3.02. The highest BCUT2D eigenvalue weighted by molar-refractivity contribution is 5.78. The summed E-state index contributed by atoms with van der Waals surface area (Å²) in [6, 6.07) is 0.727. The van der Waals surface area contributed by atoms with E-state index in [1.54, 1.807) is 6.20 Å². The standard InChI is InChI=1S/C15H25N5O/c1-18-9-6-17-14(18)10-20(13-2-3-13)15(21)11-19-7-4-12(16)5-8-19/h6,9,12-13H,2-5,7-8,10-11,16H2,1H3. The van der Waals surface area contributed by atoms with Gasteiger partial charge >= 0.3 is 0 Å². The van der Waals surface area contributed by atoms with E-state index < -0.39 is 0 Å². The molecule has 2 fully saturated rings. The van der Waals surface area contributed by atoms with E-state index in [1.807, 2.05) is 22.7 Å². The first-order valence-corrected chi connectivity index (χ1v) is 7.87. The van der Waals surface area contributed by atoms with E-state index in [0.29, 0.717) is 25.2 Å². The van der Waals surface area contributed by atoms with Crippen LogP contribution in [-0.2, 0) is 18.4 Å². The summed E-state index contributed by atoms with van der Waals surface area (Å²) < 4.78 is 1.99. The van der Waals surface area contributed by atoms with E-state index in [1.165, 1.54) is 0 Å². The van der Waals surface area contributed by atoms with Gasteiger partial charge in [0.05, 0.1) is 13.1 Å². The molecule has 21 heavy (non-hydrogen) atoms. The van der Waals surface area contributed by atoms with Gasteiger partial charge in [0, 0.05) is 44.6 Å². The molecule has 2 aliphatic rings. The molecule has 0 aromatic carbocycles. The summed E-state index contributed by atoms with van der Waals surface area (Å²) >= 11 is 0. The van der Waals surface area contributed by atoms with Gasteiger partial charge < -0.3 is 15.2 Å². The molecule has 1 amide bonds. The number of carbonyl (C=O) groups excluding carboxylic acids is 1. The van der Waals surface area contributed by atoms with Crippen LogP contribution in [0.4, 0.5) is 0 Å². The minimum atomic E-state index is 0.232. The van der Waals surface area contributed by atoms with Crippen molar-refractivity contribution < 1.29 is 4.79 Å². The molecule has 1 aliphatic heterocycles. The van der Waals surface area contributed by atoms with Crippen LogP contribution in [0.5, 0.6) is 0 Å². The molecule has 6 nitrogen and oxygen atoms in total. The second-order valence-electron chi connectivity index (χ2n) is 6.32. The van der Waals surface area contributed by atoms with Crippen LogP contribution >= 0.6 is 0 Å². The molecule has 0 spiro atoms. The van der Waals surface area contributed by atoms with Crippen molar-refractivity contribution >= 4 is 5.91 Å². The van der Waals surface area contributed by atoms with Gasteiger partial charge in [0.2, 0.25) is 5.91 Å². The van der Waals surface area contributed by atoms with E-state index in [4.69, 9.17) is 5.73 Å². The fourth-order valence-corrected chi connectivity index (χ4v) is 2.90. The molecule has 1 aliphatic carbocycles. The Morgan fingerprint density at radius 3 is 2.67 bits per heavy atom. The molecule has 0 atom stereocenters. The molecule has 2 heterocycles. The lowest BCUT2D eigenvalue weighted by Crippen LogP contribution is -2.46. The summed E-state index contributed by atoms with van der Waals surface area (Å²) in [5, 5.41) is 0. The van der Waals surface area contributed by atoms with E-state index in [-0.39, 0.29) is 5.91 Å². The van der Waals surface area contributed by atoms with Gasteiger partial charge in [-0.15, -0.1) is 0 Å². The molecule has 1 saturated heterocycles. The number of aryl methyl sites for hydroxylation is 1. The summed E-state index contributed by atoms with van der Waals surface area (Å²) in [7, 11) is 1.98. The number of hydrogen-bond donors (Lipinski definition) is 1. The lowest BCUT2D eigenvalue weighted by molar-refractivity contribution is -0.134. The largest absolute Gasteiger partial charge is 0.337 e. The molecule has 1 aromatic rings. The third kappa shape index (κ3) is 3.63. The van der Waals surface area contributed by atoms with Gasteiger partial charge in [-0.2, -0.15) is 0 Å². The summed E-state index contributed by atoms with van der Waals surface area (Å²) in [5.41, 5.74) is 5.92. The molecule has 6 heteroatoms. The molecule has 1 aromatic heterocycles. The lowest BCUT2D eigenvalue weighted by atomic mass is 10.1. The normalized spacial score (nSPS) is 20.7. The van der Waals surface area contributed by atoms with Crippen molar-refractivity contribution in [1.82, 2.24) is 19.4 Å². The first-order chi connectivity index (χ1) is 10.1. The fourth-order valence-electron chi connectivity index (χ4n) is 2.90. The molecule has 1 saturated carbocycles. The maximum atomic E-state index is 12.6. The van der Waals surface area contributed by atoms with Gasteiger partial charge in [0.1, 0.15) is 5.82 Å². The summed E-state index contributed by atoms with van der Waals surface area (Å²) in [4.78, 5) is 21.2. The third-order valence-electron chi connectivity index (χ3n) is 4.53. The number of piperidine rings is 1. The van der Waals surface area contributed by atoms with Gasteiger partial charge in [-0.25, -0.2) is 4.98 Å². The Labute approximate surface area is 125 Å². The number of rotatable bonds is 5. The van der Waals surface area contributed by atoms with Crippen molar-refractivity contribution in [2.24, 2.45) is 12.8 Å². The number of aromatic nitrogens is 2. The Hall–Kier alpha value is -1.40. The van der Waals surface area contributed by atoms with Crippen molar-refractivity contribution in [3.63, 3.8) is 0 Å². The zero-order valence-corrected chi connectivity index (χ0v) is 12.7. The molecular formula is C15H25N5O. The van der Waals surface area contributed by atoms with Crippen molar-refractivity contribution in [2.45, 2.75) is 44.3 Å². The Balaban J connectivity index is 1.58. The average molecular weight is 291 g/mol. The predicted octanol–water partition coefficient (Wildman–Crippen LogP) is 0.334. The average Bonchev–Trinajstić information content (AvgIpc) is 3.22. The van der Waals surface area contributed by atoms with Crippen molar-refractivity contribution in [2.75, 3.05) is 19.6 Å². The Bertz CT molecular complexity index is 488. The van der Waals surface area contributed by atoms with Gasteiger partial charge in [0.15, 0.2) is 0 Å². The van der Waals surface area contributed by atoms with Crippen molar-refractivity contribution in [1.29, 1.82) is 0 Å². The van der Waals surface area contributed by atoms with Gasteiger partial charge in [-0.1, -0.05) is 0 Å². The predicted molar refractivity (Wildman–Crippen MR) is 80.4 cm³/mol. The van der Waals surface area contributed by atoms with Crippen LogP contribution in [0.15, 0.2) is 12.4 Å². The van der Waals surface area contributed by atoms with E-state index in [9.17, 15) is 4.79 Å². The number of carbonyl (C=O) groups is 1. The molecule has 116 valence electrons. The maximum Gasteiger partial charge on any atom is 0.237 e. The highest BCUT2D eigenvalue weighted by atomic mass is 16.2. The van der Waals surface area contributed by atoms with Crippen molar-refractivity contribution in [3.05, 3.63) is 18.2 Å². The summed E-state index contributed by atoms with van der Waals surface area (Å²) in [5.74, 6) is 1.19. The minimum Gasteiger partial charge on any atom is -0.337 e. The van der Waals surface area contributed by atoms with E-state index in [2.05, 4.69) is 9.88 Å². The van der Waals surface area contributed by atoms with Crippen LogP contribution in [0.2, 0.25) is 0 Å². The number of imidazole rings is 1. The first kappa shape index (κ1) is 14.5. The van der Waals surface area contributed by atoms with E-state index in [0.717, 1.165) is 44.6 Å². The molecule has 0 bridgehead atoms.